The van der Waals surface area contributed by atoms with Crippen LogP contribution in [0.4, 0.5) is 0 Å². The molecule has 2 heterocycles. The highest BCUT2D eigenvalue weighted by Crippen LogP contribution is 2.41. The van der Waals surface area contributed by atoms with E-state index in [9.17, 15) is 0 Å². The van der Waals surface area contributed by atoms with Gasteiger partial charge in [-0.15, -0.1) is 0 Å². The summed E-state index contributed by atoms with van der Waals surface area (Å²) in [7, 11) is 0. The van der Waals surface area contributed by atoms with Crippen molar-refractivity contribution in [2.45, 2.75) is 52.0 Å². The molecule has 3 unspecified atom stereocenters. The zero-order valence-corrected chi connectivity index (χ0v) is 13.3. The topological polar surface area (TPSA) is 29.3 Å². The summed E-state index contributed by atoms with van der Waals surface area (Å²) in [6.07, 6.45) is 10.9. The molecule has 1 N–H and O–H groups in total. The molecule has 1 aliphatic rings. The summed E-state index contributed by atoms with van der Waals surface area (Å²) in [6, 6.07) is 6.79. The van der Waals surface area contributed by atoms with Gasteiger partial charge in [0, 0.05) is 17.8 Å². The highest BCUT2D eigenvalue weighted by molar-refractivity contribution is 5.55. The van der Waals surface area contributed by atoms with Crippen LogP contribution < -0.4 is 5.32 Å². The van der Waals surface area contributed by atoms with Crippen LogP contribution in [0.3, 0.4) is 0 Å². The van der Waals surface area contributed by atoms with Crippen molar-refractivity contribution < 1.29 is 0 Å². The van der Waals surface area contributed by atoms with Gasteiger partial charge in [-0.1, -0.05) is 45.6 Å². The molecule has 2 aromatic heterocycles. The Bertz CT molecular complexity index is 575. The average Bonchev–Trinajstić information content (AvgIpc) is 2.96. The smallest absolute Gasteiger partial charge is 0.0709 e. The standard InChI is InChI=1S/C18H27N3/c1-3-14-9-5-6-10-15(14)18(19-4-2)16-13-20-21-12-8-7-11-17(16)21/h7-8,11-15,18-19H,3-6,9-10H2,1-2H3. The molecule has 1 saturated carbocycles. The first-order chi connectivity index (χ1) is 10.3. The largest absolute Gasteiger partial charge is 0.310 e. The lowest BCUT2D eigenvalue weighted by atomic mass is 9.72. The first kappa shape index (κ1) is 14.6. The fourth-order valence-electron chi connectivity index (χ4n) is 4.09. The number of hydrogen-bond donors (Lipinski definition) is 1. The van der Waals surface area contributed by atoms with Crippen molar-refractivity contribution in [2.24, 2.45) is 11.8 Å². The quantitative estimate of drug-likeness (QED) is 0.892. The van der Waals surface area contributed by atoms with E-state index >= 15 is 0 Å². The van der Waals surface area contributed by atoms with Crippen molar-refractivity contribution in [3.05, 3.63) is 36.2 Å². The molecule has 0 aliphatic heterocycles. The van der Waals surface area contributed by atoms with E-state index in [0.717, 1.165) is 18.4 Å². The van der Waals surface area contributed by atoms with Gasteiger partial charge in [0.25, 0.3) is 0 Å². The number of rotatable bonds is 5. The first-order valence-corrected chi connectivity index (χ1v) is 8.50. The molecule has 0 amide bonds. The maximum absolute atomic E-state index is 4.54. The number of fused-ring (bicyclic) bond motifs is 1. The summed E-state index contributed by atoms with van der Waals surface area (Å²) < 4.78 is 2.00. The third-order valence-corrected chi connectivity index (χ3v) is 5.14. The fraction of sp³-hybridized carbons (Fsp3) is 0.611. The molecular weight excluding hydrogens is 258 g/mol. The second-order valence-corrected chi connectivity index (χ2v) is 6.28. The number of aromatic nitrogens is 2. The van der Waals surface area contributed by atoms with Gasteiger partial charge < -0.3 is 5.32 Å². The van der Waals surface area contributed by atoms with Crippen LogP contribution in [0.5, 0.6) is 0 Å². The van der Waals surface area contributed by atoms with Crippen LogP contribution in [0.25, 0.3) is 5.52 Å². The van der Waals surface area contributed by atoms with Crippen LogP contribution in [0.2, 0.25) is 0 Å². The van der Waals surface area contributed by atoms with Crippen molar-refractivity contribution in [1.82, 2.24) is 14.9 Å². The predicted molar refractivity (Wildman–Crippen MR) is 87.3 cm³/mol. The van der Waals surface area contributed by atoms with Gasteiger partial charge in [0.15, 0.2) is 0 Å². The van der Waals surface area contributed by atoms with E-state index in [0.29, 0.717) is 6.04 Å². The Balaban J connectivity index is 1.96. The van der Waals surface area contributed by atoms with Crippen LogP contribution >= 0.6 is 0 Å². The van der Waals surface area contributed by atoms with Gasteiger partial charge >= 0.3 is 0 Å². The van der Waals surface area contributed by atoms with Crippen LogP contribution in [0.1, 0.15) is 57.6 Å². The van der Waals surface area contributed by atoms with Crippen LogP contribution in [0, 0.1) is 11.8 Å². The van der Waals surface area contributed by atoms with E-state index in [2.05, 4.69) is 42.6 Å². The van der Waals surface area contributed by atoms with E-state index in [4.69, 9.17) is 0 Å². The number of hydrogen-bond acceptors (Lipinski definition) is 2. The van der Waals surface area contributed by atoms with Crippen molar-refractivity contribution in [3.63, 3.8) is 0 Å². The summed E-state index contributed by atoms with van der Waals surface area (Å²) in [5.41, 5.74) is 2.63. The molecule has 3 rings (SSSR count). The third kappa shape index (κ3) is 2.84. The lowest BCUT2D eigenvalue weighted by Gasteiger charge is -2.37. The number of pyridine rings is 1. The van der Waals surface area contributed by atoms with Crippen molar-refractivity contribution in [2.75, 3.05) is 6.54 Å². The fourth-order valence-corrected chi connectivity index (χ4v) is 4.09. The molecule has 0 bridgehead atoms. The predicted octanol–water partition coefficient (Wildman–Crippen LogP) is 4.20. The molecule has 3 nitrogen and oxygen atoms in total. The monoisotopic (exact) mass is 285 g/mol. The van der Waals surface area contributed by atoms with Crippen molar-refractivity contribution in [3.8, 4) is 0 Å². The molecule has 3 atom stereocenters. The van der Waals surface area contributed by atoms with Crippen molar-refractivity contribution >= 4 is 5.52 Å². The highest BCUT2D eigenvalue weighted by Gasteiger charge is 2.32. The Hall–Kier alpha value is -1.35. The molecule has 3 heteroatoms. The normalized spacial score (nSPS) is 24.3. The molecule has 114 valence electrons. The Morgan fingerprint density at radius 2 is 2.14 bits per heavy atom. The highest BCUT2D eigenvalue weighted by atomic mass is 15.2. The molecule has 0 saturated heterocycles. The number of nitrogens with one attached hydrogen (secondary N) is 1. The lowest BCUT2D eigenvalue weighted by Crippen LogP contribution is -2.34. The summed E-state index contributed by atoms with van der Waals surface area (Å²) >= 11 is 0. The van der Waals surface area contributed by atoms with Gasteiger partial charge in [-0.05, 0) is 36.9 Å². The van der Waals surface area contributed by atoms with Crippen molar-refractivity contribution in [1.29, 1.82) is 0 Å². The molecule has 1 fully saturated rings. The molecule has 21 heavy (non-hydrogen) atoms. The van der Waals surface area contributed by atoms with Gasteiger partial charge in [-0.3, -0.25) is 0 Å². The maximum Gasteiger partial charge on any atom is 0.0709 e. The van der Waals surface area contributed by atoms with Gasteiger partial charge in [0.2, 0.25) is 0 Å². The zero-order valence-electron chi connectivity index (χ0n) is 13.3. The molecule has 2 aromatic rings. The molecule has 1 aliphatic carbocycles. The van der Waals surface area contributed by atoms with E-state index in [-0.39, 0.29) is 0 Å². The molecular formula is C18H27N3. The second kappa shape index (κ2) is 6.61. The van der Waals surface area contributed by atoms with E-state index in [1.165, 1.54) is 43.2 Å². The molecule has 0 radical (unpaired) electrons. The third-order valence-electron chi connectivity index (χ3n) is 5.14. The summed E-state index contributed by atoms with van der Waals surface area (Å²) in [4.78, 5) is 0. The average molecular weight is 285 g/mol. The van der Waals surface area contributed by atoms with Gasteiger partial charge in [0.05, 0.1) is 11.7 Å². The van der Waals surface area contributed by atoms with E-state index < -0.39 is 0 Å². The Morgan fingerprint density at radius 1 is 1.29 bits per heavy atom. The minimum atomic E-state index is 0.445. The van der Waals surface area contributed by atoms with Gasteiger partial charge in [-0.25, -0.2) is 4.52 Å². The molecule has 0 spiro atoms. The summed E-state index contributed by atoms with van der Waals surface area (Å²) in [5, 5.41) is 8.30. The van der Waals surface area contributed by atoms with Crippen LogP contribution in [-0.4, -0.2) is 16.2 Å². The van der Waals surface area contributed by atoms with E-state index in [1.54, 1.807) is 0 Å². The first-order valence-electron chi connectivity index (χ1n) is 8.50. The Labute approximate surface area is 127 Å². The minimum Gasteiger partial charge on any atom is -0.310 e. The summed E-state index contributed by atoms with van der Waals surface area (Å²) in [6.45, 7) is 5.58. The van der Waals surface area contributed by atoms with Gasteiger partial charge in [-0.2, -0.15) is 5.10 Å². The zero-order chi connectivity index (χ0) is 14.7. The molecule has 0 aromatic carbocycles. The second-order valence-electron chi connectivity index (χ2n) is 6.28. The number of nitrogens with zero attached hydrogens (tertiary/aromatic N) is 2. The minimum absolute atomic E-state index is 0.445. The maximum atomic E-state index is 4.54. The SMILES string of the molecule is CCNC(c1cnn2ccccc12)C1CCCCC1CC. The summed E-state index contributed by atoms with van der Waals surface area (Å²) in [5.74, 6) is 1.60. The lowest BCUT2D eigenvalue weighted by molar-refractivity contribution is 0.177. The van der Waals surface area contributed by atoms with Crippen LogP contribution in [-0.2, 0) is 0 Å². The van der Waals surface area contributed by atoms with E-state index in [1.807, 2.05) is 16.8 Å². The Kier molecular flexibility index (Phi) is 4.59. The van der Waals surface area contributed by atoms with Crippen LogP contribution in [0.15, 0.2) is 30.6 Å². The Morgan fingerprint density at radius 3 is 2.95 bits per heavy atom. The van der Waals surface area contributed by atoms with Gasteiger partial charge in [0.1, 0.15) is 0 Å².